The molecule has 1 N–H and O–H groups in total. The van der Waals surface area contributed by atoms with Crippen LogP contribution in [-0.4, -0.2) is 21.0 Å². The average molecular weight is 383 g/mol. The van der Waals surface area contributed by atoms with Gasteiger partial charge in [0.15, 0.2) is 0 Å². The zero-order valence-electron chi connectivity index (χ0n) is 18.0. The topological polar surface area (TPSA) is 38.0 Å². The summed E-state index contributed by atoms with van der Waals surface area (Å²) in [6, 6.07) is 0. The summed E-state index contributed by atoms with van der Waals surface area (Å²) in [6.45, 7) is 8.05. The molecule has 5 rings (SSSR count). The minimum absolute atomic E-state index is 0.0750. The number of nitrogens with zero attached hydrogens (tertiary/aromatic N) is 2. The van der Waals surface area contributed by atoms with Gasteiger partial charge < -0.3 is 5.11 Å². The molecule has 3 nitrogen and oxygen atoms in total. The van der Waals surface area contributed by atoms with Crippen molar-refractivity contribution in [3.05, 3.63) is 23.5 Å². The van der Waals surface area contributed by atoms with Crippen LogP contribution < -0.4 is 0 Å². The summed E-state index contributed by atoms with van der Waals surface area (Å²) >= 11 is 0. The highest BCUT2D eigenvalue weighted by Gasteiger charge is 2.60. The molecule has 1 aromatic heterocycles. The van der Waals surface area contributed by atoms with E-state index in [2.05, 4.69) is 38.1 Å². The van der Waals surface area contributed by atoms with E-state index in [1.165, 1.54) is 56.9 Å². The Morgan fingerprint density at radius 1 is 1.11 bits per heavy atom. The van der Waals surface area contributed by atoms with Crippen molar-refractivity contribution in [3.8, 4) is 0 Å². The van der Waals surface area contributed by atoms with E-state index >= 15 is 0 Å². The summed E-state index contributed by atoms with van der Waals surface area (Å²) in [7, 11) is 0. The molecular formula is C25H38N2O. The van der Waals surface area contributed by atoms with E-state index in [1.54, 1.807) is 0 Å². The Balaban J connectivity index is 1.44. The molecule has 0 amide bonds. The molecular weight excluding hydrogens is 344 g/mol. The molecule has 7 atom stereocenters. The minimum Gasteiger partial charge on any atom is -0.388 e. The van der Waals surface area contributed by atoms with Gasteiger partial charge in [0.1, 0.15) is 0 Å². The van der Waals surface area contributed by atoms with Crippen molar-refractivity contribution in [2.75, 3.05) is 0 Å². The van der Waals surface area contributed by atoms with Crippen LogP contribution >= 0.6 is 0 Å². The molecule has 0 bridgehead atoms. The Hall–Kier alpha value is -1.09. The number of rotatable bonds is 2. The third-order valence-electron chi connectivity index (χ3n) is 9.78. The lowest BCUT2D eigenvalue weighted by atomic mass is 9.45. The zero-order chi connectivity index (χ0) is 19.5. The highest BCUT2D eigenvalue weighted by atomic mass is 16.3. The SMILES string of the molecule is CCn1cc(/C=C2/C[C@@H]3[C@H]4CC[C@H]5CCCC[C@]5(C)[C@@H]4CC[C@]3(C)[C@@H]2O)cn1. The van der Waals surface area contributed by atoms with Crippen LogP contribution in [-0.2, 0) is 6.54 Å². The van der Waals surface area contributed by atoms with E-state index in [1.807, 2.05) is 10.9 Å². The molecule has 4 aliphatic rings. The number of aryl methyl sites for hydroxylation is 1. The molecule has 0 aromatic carbocycles. The largest absolute Gasteiger partial charge is 0.388 e. The van der Waals surface area contributed by atoms with E-state index in [-0.39, 0.29) is 11.5 Å². The smallest absolute Gasteiger partial charge is 0.0809 e. The molecule has 4 saturated carbocycles. The molecule has 4 aliphatic carbocycles. The second-order valence-corrected chi connectivity index (χ2v) is 10.9. The second kappa shape index (κ2) is 6.72. The van der Waals surface area contributed by atoms with Crippen molar-refractivity contribution in [1.82, 2.24) is 9.78 Å². The first-order valence-electron chi connectivity index (χ1n) is 11.9. The maximum absolute atomic E-state index is 11.4. The molecule has 0 spiro atoms. The molecule has 0 saturated heterocycles. The van der Waals surface area contributed by atoms with Gasteiger partial charge in [-0.1, -0.05) is 32.8 Å². The molecule has 3 heteroatoms. The van der Waals surface area contributed by atoms with Crippen LogP contribution in [0.3, 0.4) is 0 Å². The van der Waals surface area contributed by atoms with E-state index in [0.717, 1.165) is 36.3 Å². The Bertz CT molecular complexity index is 766. The lowest BCUT2D eigenvalue weighted by Crippen LogP contribution is -2.53. The van der Waals surface area contributed by atoms with Crippen molar-refractivity contribution in [2.45, 2.75) is 91.2 Å². The molecule has 1 heterocycles. The van der Waals surface area contributed by atoms with E-state index in [9.17, 15) is 5.11 Å². The number of aliphatic hydroxyl groups excluding tert-OH is 1. The second-order valence-electron chi connectivity index (χ2n) is 10.9. The van der Waals surface area contributed by atoms with Gasteiger partial charge in [-0.05, 0) is 86.5 Å². The van der Waals surface area contributed by atoms with Gasteiger partial charge in [-0.2, -0.15) is 5.10 Å². The van der Waals surface area contributed by atoms with Gasteiger partial charge in [0.2, 0.25) is 0 Å². The molecule has 0 radical (unpaired) electrons. The molecule has 4 fully saturated rings. The zero-order valence-corrected chi connectivity index (χ0v) is 18.0. The third-order valence-corrected chi connectivity index (χ3v) is 9.78. The summed E-state index contributed by atoms with van der Waals surface area (Å²) < 4.78 is 1.98. The molecule has 28 heavy (non-hydrogen) atoms. The quantitative estimate of drug-likeness (QED) is 0.713. The van der Waals surface area contributed by atoms with Gasteiger partial charge in [0, 0.05) is 23.7 Å². The Kier molecular flexibility index (Phi) is 4.54. The molecule has 0 aliphatic heterocycles. The fourth-order valence-electron chi connectivity index (χ4n) is 8.14. The van der Waals surface area contributed by atoms with Crippen molar-refractivity contribution >= 4 is 6.08 Å². The van der Waals surface area contributed by atoms with Crippen LogP contribution in [0.1, 0.15) is 84.1 Å². The maximum Gasteiger partial charge on any atom is 0.0809 e. The first-order valence-corrected chi connectivity index (χ1v) is 11.9. The molecule has 1 aromatic rings. The van der Waals surface area contributed by atoms with Crippen LogP contribution in [0.15, 0.2) is 18.0 Å². The number of fused-ring (bicyclic) bond motifs is 5. The lowest BCUT2D eigenvalue weighted by molar-refractivity contribution is -0.119. The Morgan fingerprint density at radius 3 is 2.75 bits per heavy atom. The third kappa shape index (κ3) is 2.68. The monoisotopic (exact) mass is 382 g/mol. The highest BCUT2D eigenvalue weighted by molar-refractivity contribution is 5.54. The van der Waals surface area contributed by atoms with Gasteiger partial charge in [-0.15, -0.1) is 0 Å². The van der Waals surface area contributed by atoms with Crippen LogP contribution in [0.5, 0.6) is 0 Å². The first kappa shape index (κ1) is 18.9. The lowest BCUT2D eigenvalue weighted by Gasteiger charge is -2.60. The van der Waals surface area contributed by atoms with Gasteiger partial charge in [0.25, 0.3) is 0 Å². The predicted octanol–water partition coefficient (Wildman–Crippen LogP) is 5.69. The van der Waals surface area contributed by atoms with E-state index < -0.39 is 0 Å². The fraction of sp³-hybridized carbons (Fsp3) is 0.800. The normalized spacial score (nSPS) is 46.9. The van der Waals surface area contributed by atoms with Crippen LogP contribution in [0.25, 0.3) is 6.08 Å². The van der Waals surface area contributed by atoms with Crippen LogP contribution in [0.4, 0.5) is 0 Å². The van der Waals surface area contributed by atoms with Gasteiger partial charge in [-0.25, -0.2) is 0 Å². The number of hydrogen-bond acceptors (Lipinski definition) is 2. The van der Waals surface area contributed by atoms with Crippen molar-refractivity contribution in [1.29, 1.82) is 0 Å². The first-order chi connectivity index (χ1) is 13.5. The number of hydrogen-bond donors (Lipinski definition) is 1. The maximum atomic E-state index is 11.4. The van der Waals surface area contributed by atoms with Crippen LogP contribution in [0.2, 0.25) is 0 Å². The highest BCUT2D eigenvalue weighted by Crippen LogP contribution is 2.67. The average Bonchev–Trinajstić information content (AvgIpc) is 3.25. The number of aromatic nitrogens is 2. The summed E-state index contributed by atoms with van der Waals surface area (Å²) in [5.41, 5.74) is 3.06. The summed E-state index contributed by atoms with van der Waals surface area (Å²) in [5.74, 6) is 3.33. The van der Waals surface area contributed by atoms with Gasteiger partial charge in [-0.3, -0.25) is 4.68 Å². The summed E-state index contributed by atoms with van der Waals surface area (Å²) in [6.07, 6.45) is 18.3. The summed E-state index contributed by atoms with van der Waals surface area (Å²) in [4.78, 5) is 0. The Morgan fingerprint density at radius 2 is 1.96 bits per heavy atom. The standard InChI is InChI=1S/C25H38N2O/c1-4-27-16-17(15-26-27)13-18-14-22-20-9-8-19-7-5-6-11-24(19,2)21(20)10-12-25(22,3)23(18)28/h13,15-16,19-23,28H,4-12,14H2,1-3H3/b18-13-/t19-,20+,21-,22-,23-,24+,25+/m1/s1. The Labute approximate surface area is 170 Å². The predicted molar refractivity (Wildman–Crippen MR) is 114 cm³/mol. The van der Waals surface area contributed by atoms with E-state index in [0.29, 0.717) is 11.3 Å². The minimum atomic E-state index is -0.277. The summed E-state index contributed by atoms with van der Waals surface area (Å²) in [5, 5.41) is 15.8. The van der Waals surface area contributed by atoms with Crippen LogP contribution in [0, 0.1) is 34.5 Å². The number of aliphatic hydroxyl groups is 1. The molecule has 154 valence electrons. The van der Waals surface area contributed by atoms with Gasteiger partial charge >= 0.3 is 0 Å². The fourth-order valence-corrected chi connectivity index (χ4v) is 8.14. The van der Waals surface area contributed by atoms with Crippen molar-refractivity contribution in [3.63, 3.8) is 0 Å². The van der Waals surface area contributed by atoms with Gasteiger partial charge in [0.05, 0.1) is 12.3 Å². The van der Waals surface area contributed by atoms with Crippen molar-refractivity contribution < 1.29 is 5.11 Å². The van der Waals surface area contributed by atoms with E-state index in [4.69, 9.17) is 0 Å². The molecule has 0 unspecified atom stereocenters. The van der Waals surface area contributed by atoms with Crippen molar-refractivity contribution in [2.24, 2.45) is 34.5 Å².